The predicted molar refractivity (Wildman–Crippen MR) is 123 cm³/mol. The van der Waals surface area contributed by atoms with Crippen molar-refractivity contribution in [2.24, 2.45) is 4.99 Å². The highest BCUT2D eigenvalue weighted by Crippen LogP contribution is 2.35. The minimum absolute atomic E-state index is 0. The average molecular weight is 515 g/mol. The van der Waals surface area contributed by atoms with Crippen LogP contribution >= 0.6 is 24.0 Å². The normalized spacial score (nSPS) is 12.0. The van der Waals surface area contributed by atoms with E-state index in [1.165, 1.54) is 0 Å². The van der Waals surface area contributed by atoms with Gasteiger partial charge in [0.15, 0.2) is 29.0 Å². The average Bonchev–Trinajstić information content (AvgIpc) is 3.18. The van der Waals surface area contributed by atoms with Gasteiger partial charge < -0.3 is 34.3 Å². The van der Waals surface area contributed by atoms with Crippen LogP contribution in [-0.2, 0) is 0 Å². The van der Waals surface area contributed by atoms with E-state index in [1.807, 2.05) is 43.3 Å². The second-order valence-corrected chi connectivity index (χ2v) is 5.79. The number of fused-ring (bicyclic) bond motifs is 1. The van der Waals surface area contributed by atoms with E-state index in [1.54, 1.807) is 14.2 Å². The second kappa shape index (κ2) is 11.4. The lowest BCUT2D eigenvalue weighted by molar-refractivity contribution is 0.173. The summed E-state index contributed by atoms with van der Waals surface area (Å²) in [5, 5.41) is 6.43. The van der Waals surface area contributed by atoms with Gasteiger partial charge in [-0.1, -0.05) is 0 Å². The van der Waals surface area contributed by atoms with E-state index in [2.05, 4.69) is 15.6 Å². The molecular weight excluding hydrogens is 489 g/mol. The molecule has 0 saturated heterocycles. The van der Waals surface area contributed by atoms with Gasteiger partial charge in [0.2, 0.25) is 6.79 Å². The van der Waals surface area contributed by atoms with E-state index in [4.69, 9.17) is 23.7 Å². The van der Waals surface area contributed by atoms with Crippen LogP contribution in [0, 0.1) is 0 Å². The SMILES string of the molecule is CCOc1cc(NC(=NC)NCCOc2ccc3c(c2)OCO3)ccc1OC.I. The van der Waals surface area contributed by atoms with Crippen molar-refractivity contribution in [3.05, 3.63) is 36.4 Å². The summed E-state index contributed by atoms with van der Waals surface area (Å²) >= 11 is 0. The topological polar surface area (TPSA) is 82.6 Å². The van der Waals surface area contributed by atoms with E-state index in [9.17, 15) is 0 Å². The molecule has 8 nitrogen and oxygen atoms in total. The highest BCUT2D eigenvalue weighted by molar-refractivity contribution is 14.0. The fraction of sp³-hybridized carbons (Fsp3) is 0.350. The van der Waals surface area contributed by atoms with Crippen LogP contribution in [0.4, 0.5) is 5.69 Å². The molecule has 1 aliphatic heterocycles. The Bertz CT molecular complexity index is 832. The minimum Gasteiger partial charge on any atom is -0.493 e. The fourth-order valence-corrected chi connectivity index (χ4v) is 2.64. The molecule has 0 aliphatic carbocycles. The largest absolute Gasteiger partial charge is 0.493 e. The first kappa shape index (κ1) is 22.7. The zero-order valence-corrected chi connectivity index (χ0v) is 19.0. The summed E-state index contributed by atoms with van der Waals surface area (Å²) in [4.78, 5) is 4.22. The van der Waals surface area contributed by atoms with Crippen molar-refractivity contribution in [2.45, 2.75) is 6.92 Å². The maximum atomic E-state index is 5.74. The van der Waals surface area contributed by atoms with Gasteiger partial charge in [0.1, 0.15) is 12.4 Å². The summed E-state index contributed by atoms with van der Waals surface area (Å²) in [7, 11) is 3.33. The number of aliphatic imine (C=N–C) groups is 1. The molecule has 0 fully saturated rings. The molecule has 0 unspecified atom stereocenters. The first-order chi connectivity index (χ1) is 13.7. The van der Waals surface area contributed by atoms with Gasteiger partial charge in [-0.2, -0.15) is 0 Å². The molecule has 0 aromatic heterocycles. The van der Waals surface area contributed by atoms with Gasteiger partial charge in [0.05, 0.1) is 20.3 Å². The Labute approximate surface area is 187 Å². The molecule has 0 bridgehead atoms. The number of benzene rings is 2. The molecular formula is C20H26IN3O5. The molecule has 1 heterocycles. The summed E-state index contributed by atoms with van der Waals surface area (Å²) in [5.74, 6) is 4.16. The van der Waals surface area contributed by atoms with Crippen LogP contribution in [-0.4, -0.2) is 46.7 Å². The van der Waals surface area contributed by atoms with Crippen LogP contribution in [0.1, 0.15) is 6.92 Å². The van der Waals surface area contributed by atoms with Crippen molar-refractivity contribution in [3.63, 3.8) is 0 Å². The smallest absolute Gasteiger partial charge is 0.231 e. The van der Waals surface area contributed by atoms with Crippen LogP contribution in [0.15, 0.2) is 41.4 Å². The lowest BCUT2D eigenvalue weighted by atomic mass is 10.2. The molecule has 0 spiro atoms. The Hall–Kier alpha value is -2.56. The predicted octanol–water partition coefficient (Wildman–Crippen LogP) is 3.51. The molecule has 0 saturated carbocycles. The summed E-state index contributed by atoms with van der Waals surface area (Å²) < 4.78 is 27.3. The van der Waals surface area contributed by atoms with Gasteiger partial charge in [-0.25, -0.2) is 0 Å². The third kappa shape index (κ3) is 6.21. The number of halogens is 1. The van der Waals surface area contributed by atoms with Crippen LogP contribution in [0.5, 0.6) is 28.7 Å². The molecule has 0 atom stereocenters. The molecule has 2 aromatic rings. The number of ether oxygens (including phenoxy) is 5. The van der Waals surface area contributed by atoms with E-state index >= 15 is 0 Å². The number of anilines is 1. The minimum atomic E-state index is 0. The van der Waals surface area contributed by atoms with E-state index in [0.29, 0.717) is 43.0 Å². The van der Waals surface area contributed by atoms with Gasteiger partial charge in [0, 0.05) is 24.9 Å². The van der Waals surface area contributed by atoms with Crippen molar-refractivity contribution in [1.29, 1.82) is 0 Å². The molecule has 1 aliphatic rings. The summed E-state index contributed by atoms with van der Waals surface area (Å²) in [6.07, 6.45) is 0. The Morgan fingerprint density at radius 2 is 1.90 bits per heavy atom. The van der Waals surface area contributed by atoms with Gasteiger partial charge in [0.25, 0.3) is 0 Å². The van der Waals surface area contributed by atoms with E-state index in [0.717, 1.165) is 17.2 Å². The fourth-order valence-electron chi connectivity index (χ4n) is 2.64. The molecule has 2 N–H and O–H groups in total. The van der Waals surface area contributed by atoms with E-state index < -0.39 is 0 Å². The quantitative estimate of drug-likeness (QED) is 0.241. The third-order valence-corrected chi connectivity index (χ3v) is 3.96. The molecule has 0 radical (unpaired) electrons. The number of nitrogens with one attached hydrogen (secondary N) is 2. The standard InChI is InChI=1S/C20H25N3O5.HI/c1-4-25-18-11-14(5-7-16(18)24-3)23-20(21-2)22-9-10-26-15-6-8-17-19(12-15)28-13-27-17;/h5-8,11-12H,4,9-10,13H2,1-3H3,(H2,21,22,23);1H. The van der Waals surface area contributed by atoms with Gasteiger partial charge >= 0.3 is 0 Å². The third-order valence-electron chi connectivity index (χ3n) is 3.96. The maximum absolute atomic E-state index is 5.74. The van der Waals surface area contributed by atoms with Crippen molar-refractivity contribution in [1.82, 2.24) is 5.32 Å². The van der Waals surface area contributed by atoms with Crippen LogP contribution < -0.4 is 34.3 Å². The van der Waals surface area contributed by atoms with Crippen molar-refractivity contribution in [3.8, 4) is 28.7 Å². The first-order valence-corrected chi connectivity index (χ1v) is 9.04. The summed E-state index contributed by atoms with van der Waals surface area (Å²) in [6.45, 7) is 3.78. The van der Waals surface area contributed by atoms with Crippen molar-refractivity contribution >= 4 is 35.6 Å². The summed E-state index contributed by atoms with van der Waals surface area (Å²) in [5.41, 5.74) is 0.842. The maximum Gasteiger partial charge on any atom is 0.231 e. The molecule has 29 heavy (non-hydrogen) atoms. The second-order valence-electron chi connectivity index (χ2n) is 5.79. The number of methoxy groups -OCH3 is 1. The zero-order valence-electron chi connectivity index (χ0n) is 16.7. The number of guanidine groups is 1. The molecule has 9 heteroatoms. The Morgan fingerprint density at radius 3 is 2.66 bits per heavy atom. The lowest BCUT2D eigenvalue weighted by Crippen LogP contribution is -2.33. The number of rotatable bonds is 8. The number of hydrogen-bond acceptors (Lipinski definition) is 6. The lowest BCUT2D eigenvalue weighted by Gasteiger charge is -2.15. The Morgan fingerprint density at radius 1 is 1.07 bits per heavy atom. The first-order valence-electron chi connectivity index (χ1n) is 9.04. The van der Waals surface area contributed by atoms with Gasteiger partial charge in [-0.05, 0) is 31.2 Å². The van der Waals surface area contributed by atoms with Crippen LogP contribution in [0.3, 0.4) is 0 Å². The molecule has 158 valence electrons. The van der Waals surface area contributed by atoms with Crippen molar-refractivity contribution < 1.29 is 23.7 Å². The monoisotopic (exact) mass is 515 g/mol. The van der Waals surface area contributed by atoms with Crippen LogP contribution in [0.2, 0.25) is 0 Å². The Kier molecular flexibility index (Phi) is 8.97. The molecule has 0 amide bonds. The zero-order chi connectivity index (χ0) is 19.8. The number of hydrogen-bond donors (Lipinski definition) is 2. The Balaban J connectivity index is 0.00000300. The van der Waals surface area contributed by atoms with Gasteiger partial charge in [-0.15, -0.1) is 24.0 Å². The molecule has 3 rings (SSSR count). The van der Waals surface area contributed by atoms with Gasteiger partial charge in [-0.3, -0.25) is 4.99 Å². The number of nitrogens with zero attached hydrogens (tertiary/aromatic N) is 1. The molecule has 2 aromatic carbocycles. The highest BCUT2D eigenvalue weighted by Gasteiger charge is 2.13. The summed E-state index contributed by atoms with van der Waals surface area (Å²) in [6, 6.07) is 11.1. The van der Waals surface area contributed by atoms with E-state index in [-0.39, 0.29) is 30.8 Å². The van der Waals surface area contributed by atoms with Crippen LogP contribution in [0.25, 0.3) is 0 Å². The van der Waals surface area contributed by atoms with Crippen molar-refractivity contribution in [2.75, 3.05) is 46.0 Å². The highest BCUT2D eigenvalue weighted by atomic mass is 127.